The predicted molar refractivity (Wildman–Crippen MR) is 105 cm³/mol. The second-order valence-electron chi connectivity index (χ2n) is 8.02. The Bertz CT molecular complexity index is 978. The maximum atomic E-state index is 14.1. The van der Waals surface area contributed by atoms with Gasteiger partial charge in [0.25, 0.3) is 0 Å². The molecule has 0 spiro atoms. The fourth-order valence-electron chi connectivity index (χ4n) is 3.83. The Labute approximate surface area is 158 Å². The molecule has 5 rings (SSSR count). The molecule has 1 aliphatic heterocycles. The van der Waals surface area contributed by atoms with E-state index in [1.165, 1.54) is 18.4 Å². The normalized spacial score (nSPS) is 24.1. The summed E-state index contributed by atoms with van der Waals surface area (Å²) >= 11 is 0. The minimum atomic E-state index is -0.901. The molecule has 1 saturated carbocycles. The van der Waals surface area contributed by atoms with Crippen molar-refractivity contribution >= 4 is 11.5 Å². The number of alkyl halides is 1. The number of piperidine rings is 1. The van der Waals surface area contributed by atoms with Crippen molar-refractivity contribution < 1.29 is 4.39 Å². The fraction of sp³-hybridized carbons (Fsp3) is 0.429. The second kappa shape index (κ2) is 6.30. The summed E-state index contributed by atoms with van der Waals surface area (Å²) in [4.78, 5) is 9.27. The molecule has 2 aliphatic rings. The molecular formula is C21H24FN5. The summed E-state index contributed by atoms with van der Waals surface area (Å²) in [5.41, 5.74) is 4.37. The number of hydrogen-bond acceptors (Lipinski definition) is 4. The molecule has 2 fully saturated rings. The number of aromatic nitrogens is 3. The molecule has 0 amide bonds. The summed E-state index contributed by atoms with van der Waals surface area (Å²) < 4.78 is 16.2. The molecule has 6 heteroatoms. The van der Waals surface area contributed by atoms with Crippen molar-refractivity contribution in [3.05, 3.63) is 48.3 Å². The van der Waals surface area contributed by atoms with E-state index in [1.54, 1.807) is 0 Å². The predicted octanol–water partition coefficient (Wildman–Crippen LogP) is 3.56. The third kappa shape index (κ3) is 3.08. The topological polar surface area (TPSA) is 54.2 Å². The average Bonchev–Trinajstić information content (AvgIpc) is 3.29. The van der Waals surface area contributed by atoms with E-state index in [0.29, 0.717) is 17.8 Å². The van der Waals surface area contributed by atoms with Crippen LogP contribution in [0.15, 0.2) is 42.7 Å². The molecule has 0 aromatic carbocycles. The van der Waals surface area contributed by atoms with E-state index in [9.17, 15) is 4.39 Å². The van der Waals surface area contributed by atoms with E-state index in [2.05, 4.69) is 45.3 Å². The molecular weight excluding hydrogens is 341 g/mol. The highest BCUT2D eigenvalue weighted by Crippen LogP contribution is 2.47. The van der Waals surface area contributed by atoms with Crippen molar-refractivity contribution in [1.29, 1.82) is 0 Å². The van der Waals surface area contributed by atoms with Crippen LogP contribution in [0.1, 0.15) is 31.7 Å². The van der Waals surface area contributed by atoms with Gasteiger partial charge in [0.1, 0.15) is 17.6 Å². The van der Waals surface area contributed by atoms with Gasteiger partial charge in [-0.15, -0.1) is 0 Å². The lowest BCUT2D eigenvalue weighted by molar-refractivity contribution is 0.244. The number of rotatable bonds is 4. The van der Waals surface area contributed by atoms with Crippen LogP contribution in [0.5, 0.6) is 0 Å². The lowest BCUT2D eigenvalue weighted by Gasteiger charge is -2.27. The molecule has 2 atom stereocenters. The SMILES string of the molecule is CC1(c2ccc3ncc(-c4cccc(N[C@H]5CCNC[C@@H]5F)n4)n3c2)CC1. The molecule has 3 aromatic rings. The first-order valence-corrected chi connectivity index (χ1v) is 9.69. The molecule has 5 nitrogen and oxygen atoms in total. The minimum absolute atomic E-state index is 0.197. The molecule has 0 radical (unpaired) electrons. The van der Waals surface area contributed by atoms with Gasteiger partial charge in [0.05, 0.1) is 23.6 Å². The van der Waals surface area contributed by atoms with Crippen LogP contribution in [0.25, 0.3) is 17.0 Å². The van der Waals surface area contributed by atoms with Gasteiger partial charge in [0.15, 0.2) is 0 Å². The molecule has 4 heterocycles. The van der Waals surface area contributed by atoms with Crippen molar-refractivity contribution in [3.63, 3.8) is 0 Å². The van der Waals surface area contributed by atoms with E-state index in [4.69, 9.17) is 4.98 Å². The maximum Gasteiger partial charge on any atom is 0.137 e. The second-order valence-corrected chi connectivity index (χ2v) is 8.02. The van der Waals surface area contributed by atoms with Gasteiger partial charge in [0.2, 0.25) is 0 Å². The molecule has 3 aromatic heterocycles. The number of nitrogens with one attached hydrogen (secondary N) is 2. The van der Waals surface area contributed by atoms with Crippen molar-refractivity contribution in [2.75, 3.05) is 18.4 Å². The van der Waals surface area contributed by atoms with Gasteiger partial charge < -0.3 is 10.6 Å². The van der Waals surface area contributed by atoms with Gasteiger partial charge >= 0.3 is 0 Å². The Morgan fingerprint density at radius 1 is 1.26 bits per heavy atom. The number of halogens is 1. The van der Waals surface area contributed by atoms with Crippen LogP contribution in [0, 0.1) is 0 Å². The lowest BCUT2D eigenvalue weighted by atomic mass is 10.0. The Hall–Kier alpha value is -2.47. The number of anilines is 1. The smallest absolute Gasteiger partial charge is 0.137 e. The van der Waals surface area contributed by atoms with Crippen LogP contribution in [0.3, 0.4) is 0 Å². The fourth-order valence-corrected chi connectivity index (χ4v) is 3.83. The third-order valence-electron chi connectivity index (χ3n) is 5.96. The Morgan fingerprint density at radius 3 is 2.96 bits per heavy atom. The highest BCUT2D eigenvalue weighted by Gasteiger charge is 2.39. The Morgan fingerprint density at radius 2 is 2.15 bits per heavy atom. The quantitative estimate of drug-likeness (QED) is 0.742. The van der Waals surface area contributed by atoms with Crippen LogP contribution < -0.4 is 10.6 Å². The van der Waals surface area contributed by atoms with Crippen LogP contribution >= 0.6 is 0 Å². The summed E-state index contributed by atoms with van der Waals surface area (Å²) in [6.07, 6.45) is 6.38. The van der Waals surface area contributed by atoms with E-state index in [0.717, 1.165) is 30.0 Å². The largest absolute Gasteiger partial charge is 0.364 e. The van der Waals surface area contributed by atoms with Gasteiger partial charge in [0, 0.05) is 12.7 Å². The number of nitrogens with zero attached hydrogens (tertiary/aromatic N) is 3. The van der Waals surface area contributed by atoms with E-state index in [1.807, 2.05) is 24.4 Å². The summed E-state index contributed by atoms with van der Waals surface area (Å²) in [6.45, 7) is 3.53. The standard InChI is InChI=1S/C21H24FN5/c1-21(8-9-21)14-5-6-20-24-12-18(27(20)13-14)17-3-2-4-19(26-17)25-16-7-10-23-11-15(16)22/h2-6,12-13,15-16,23H,7-11H2,1H3,(H,25,26)/t15-,16-/m0/s1. The van der Waals surface area contributed by atoms with Crippen molar-refractivity contribution in [3.8, 4) is 11.4 Å². The highest BCUT2D eigenvalue weighted by atomic mass is 19.1. The molecule has 0 unspecified atom stereocenters. The van der Waals surface area contributed by atoms with Crippen LogP contribution in [-0.4, -0.2) is 39.7 Å². The molecule has 27 heavy (non-hydrogen) atoms. The molecule has 2 N–H and O–H groups in total. The van der Waals surface area contributed by atoms with Crippen molar-refractivity contribution in [2.24, 2.45) is 0 Å². The third-order valence-corrected chi connectivity index (χ3v) is 5.96. The zero-order valence-corrected chi connectivity index (χ0v) is 15.5. The Balaban J connectivity index is 1.47. The van der Waals surface area contributed by atoms with Crippen LogP contribution in [0.2, 0.25) is 0 Å². The van der Waals surface area contributed by atoms with E-state index < -0.39 is 6.17 Å². The first-order valence-electron chi connectivity index (χ1n) is 9.69. The summed E-state index contributed by atoms with van der Waals surface area (Å²) in [6, 6.07) is 9.91. The van der Waals surface area contributed by atoms with Crippen molar-refractivity contribution in [1.82, 2.24) is 19.7 Å². The van der Waals surface area contributed by atoms with Gasteiger partial charge in [-0.25, -0.2) is 14.4 Å². The zero-order valence-electron chi connectivity index (χ0n) is 15.5. The van der Waals surface area contributed by atoms with Crippen LogP contribution in [0.4, 0.5) is 10.2 Å². The summed E-state index contributed by atoms with van der Waals surface area (Å²) in [5, 5.41) is 6.35. The lowest BCUT2D eigenvalue weighted by Crippen LogP contribution is -2.45. The number of hydrogen-bond donors (Lipinski definition) is 2. The highest BCUT2D eigenvalue weighted by molar-refractivity contribution is 5.62. The monoisotopic (exact) mass is 365 g/mol. The number of imidazole rings is 1. The molecule has 1 saturated heterocycles. The first-order chi connectivity index (χ1) is 13.1. The van der Waals surface area contributed by atoms with Gasteiger partial charge in [-0.3, -0.25) is 4.40 Å². The minimum Gasteiger partial charge on any atom is -0.364 e. The molecule has 1 aliphatic carbocycles. The van der Waals surface area contributed by atoms with Gasteiger partial charge in [-0.2, -0.15) is 0 Å². The average molecular weight is 365 g/mol. The first kappa shape index (κ1) is 16.7. The van der Waals surface area contributed by atoms with Crippen LogP contribution in [-0.2, 0) is 5.41 Å². The molecule has 140 valence electrons. The van der Waals surface area contributed by atoms with E-state index >= 15 is 0 Å². The van der Waals surface area contributed by atoms with Gasteiger partial charge in [-0.05, 0) is 55.0 Å². The maximum absolute atomic E-state index is 14.1. The van der Waals surface area contributed by atoms with Crippen molar-refractivity contribution in [2.45, 2.75) is 43.8 Å². The van der Waals surface area contributed by atoms with Gasteiger partial charge in [-0.1, -0.05) is 19.1 Å². The summed E-state index contributed by atoms with van der Waals surface area (Å²) in [5.74, 6) is 0.710. The number of fused-ring (bicyclic) bond motifs is 1. The number of pyridine rings is 2. The Kier molecular flexibility index (Phi) is 3.90. The summed E-state index contributed by atoms with van der Waals surface area (Å²) in [7, 11) is 0. The zero-order chi connectivity index (χ0) is 18.4. The van der Waals surface area contributed by atoms with E-state index in [-0.39, 0.29) is 6.04 Å². The molecule has 0 bridgehead atoms.